The fourth-order valence-electron chi connectivity index (χ4n) is 7.39. The lowest BCUT2D eigenvalue weighted by Gasteiger charge is -2.34. The molecule has 232 valence electrons. The number of fused-ring (bicyclic) bond motifs is 3. The van der Waals surface area contributed by atoms with E-state index < -0.39 is 8.07 Å². The predicted molar refractivity (Wildman–Crippen MR) is 206 cm³/mol. The lowest BCUT2D eigenvalue weighted by molar-refractivity contribution is 1.17. The van der Waals surface area contributed by atoms with Crippen LogP contribution in [0.3, 0.4) is 0 Å². The molecule has 7 aromatic carbocycles. The first kappa shape index (κ1) is 30.4. The molecule has 50 heavy (non-hydrogen) atoms. The van der Waals surface area contributed by atoms with Gasteiger partial charge in [-0.3, -0.25) is 0 Å². The summed E-state index contributed by atoms with van der Waals surface area (Å²) < 4.78 is 2.06. The minimum absolute atomic E-state index is 0.525. The molecule has 0 unspecified atom stereocenters. The molecule has 5 heteroatoms. The topological polar surface area (TPSA) is 56.9 Å². The molecule has 0 bridgehead atoms. The molecule has 1 heterocycles. The van der Waals surface area contributed by atoms with Gasteiger partial charge in [0.2, 0.25) is 0 Å². The van der Waals surface area contributed by atoms with Crippen molar-refractivity contribution < 1.29 is 0 Å². The molecule has 8 aromatic rings. The summed E-state index contributed by atoms with van der Waals surface area (Å²) in [7, 11) is -2.65. The highest BCUT2D eigenvalue weighted by molar-refractivity contribution is 7.19. The third kappa shape index (κ3) is 4.88. The van der Waals surface area contributed by atoms with Crippen LogP contribution >= 0.6 is 0 Å². The van der Waals surface area contributed by atoms with Crippen LogP contribution in [0.5, 0.6) is 0 Å². The largest absolute Gasteiger partial charge is 0.308 e. The summed E-state index contributed by atoms with van der Waals surface area (Å²) in [5, 5.41) is 27.1. The summed E-state index contributed by atoms with van der Waals surface area (Å²) in [6.45, 7) is 7.55. The van der Waals surface area contributed by atoms with Crippen LogP contribution < -0.4 is 20.7 Å². The van der Waals surface area contributed by atoms with E-state index in [0.29, 0.717) is 16.8 Å². The van der Waals surface area contributed by atoms with Gasteiger partial charge < -0.3 is 4.57 Å². The van der Waals surface area contributed by atoms with Crippen LogP contribution in [-0.4, -0.2) is 12.6 Å². The Balaban J connectivity index is 1.27. The molecular formula is C45H28N4Si. The minimum Gasteiger partial charge on any atom is -0.308 e. The summed E-state index contributed by atoms with van der Waals surface area (Å²) >= 11 is 0. The van der Waals surface area contributed by atoms with Gasteiger partial charge in [-0.25, -0.2) is 4.85 Å². The SMILES string of the molecule is [C-]#[N+]c1ccc2c(c1)c1cc(C#N)ccc1n2-c1ccc(-c2ccc([Si](c3ccccc3)(c3ccccc3)c3ccccc3)cc2)cc1C#N. The molecule has 0 saturated heterocycles. The summed E-state index contributed by atoms with van der Waals surface area (Å²) in [4.78, 5) is 3.63. The van der Waals surface area contributed by atoms with Gasteiger partial charge >= 0.3 is 0 Å². The van der Waals surface area contributed by atoms with Gasteiger partial charge in [-0.1, -0.05) is 127 Å². The highest BCUT2D eigenvalue weighted by Crippen LogP contribution is 2.36. The summed E-state index contributed by atoms with van der Waals surface area (Å²) in [6.07, 6.45) is 0. The van der Waals surface area contributed by atoms with Crippen LogP contribution in [0.2, 0.25) is 0 Å². The van der Waals surface area contributed by atoms with E-state index in [4.69, 9.17) is 6.57 Å². The number of hydrogen-bond donors (Lipinski definition) is 0. The summed E-state index contributed by atoms with van der Waals surface area (Å²) in [5.74, 6) is 0. The zero-order valence-corrected chi connectivity index (χ0v) is 28.0. The molecule has 0 aliphatic rings. The van der Waals surface area contributed by atoms with Gasteiger partial charge in [-0.05, 0) is 79.7 Å². The molecule has 1 aromatic heterocycles. The standard InChI is InChI=1S/C45H28N4Si/c1-48-36-21-26-45-42(29-36)41-27-32(30-46)17-24-44(41)49(45)43-25-20-34(28-35(43)31-47)33-18-22-40(23-19-33)50(37-11-5-2-6-12-37,38-13-7-3-8-14-38)39-15-9-4-10-16-39/h2-29H. The maximum atomic E-state index is 10.5. The number of rotatable bonds is 6. The van der Waals surface area contributed by atoms with Crippen molar-refractivity contribution in [3.63, 3.8) is 0 Å². The third-order valence-corrected chi connectivity index (χ3v) is 14.4. The number of nitrogens with zero attached hydrogens (tertiary/aromatic N) is 4. The third-order valence-electron chi connectivity index (χ3n) is 9.64. The molecule has 0 spiro atoms. The Kier molecular flexibility index (Phi) is 7.63. The van der Waals surface area contributed by atoms with Crippen LogP contribution in [-0.2, 0) is 0 Å². The monoisotopic (exact) mass is 652 g/mol. The predicted octanol–water partition coefficient (Wildman–Crippen LogP) is 8.12. The van der Waals surface area contributed by atoms with Crippen LogP contribution in [0.25, 0.3) is 43.5 Å². The summed E-state index contributed by atoms with van der Waals surface area (Å²) in [5.41, 5.74) is 6.07. The van der Waals surface area contributed by atoms with Gasteiger partial charge in [-0.15, -0.1) is 0 Å². The Hall–Kier alpha value is -6.97. The van der Waals surface area contributed by atoms with Gasteiger partial charge in [0.15, 0.2) is 13.8 Å². The quantitative estimate of drug-likeness (QED) is 0.104. The van der Waals surface area contributed by atoms with Crippen LogP contribution in [0.4, 0.5) is 5.69 Å². The van der Waals surface area contributed by atoms with Gasteiger partial charge in [0, 0.05) is 5.39 Å². The van der Waals surface area contributed by atoms with Crippen molar-refractivity contribution in [3.05, 3.63) is 192 Å². The fourth-order valence-corrected chi connectivity index (χ4v) is 12.1. The molecule has 0 fully saturated rings. The van der Waals surface area contributed by atoms with E-state index >= 15 is 0 Å². The molecular weight excluding hydrogens is 625 g/mol. The van der Waals surface area contributed by atoms with Crippen molar-refractivity contribution >= 4 is 56.3 Å². The highest BCUT2D eigenvalue weighted by Gasteiger charge is 2.41. The van der Waals surface area contributed by atoms with E-state index in [2.05, 4.69) is 143 Å². The van der Waals surface area contributed by atoms with Crippen molar-refractivity contribution in [2.45, 2.75) is 0 Å². The van der Waals surface area contributed by atoms with Crippen molar-refractivity contribution in [1.29, 1.82) is 10.5 Å². The molecule has 8 rings (SSSR count). The second-order valence-electron chi connectivity index (χ2n) is 12.3. The lowest BCUT2D eigenvalue weighted by Crippen LogP contribution is -2.74. The molecule has 0 radical (unpaired) electrons. The summed E-state index contributed by atoms with van der Waals surface area (Å²) in [6, 6.07) is 63.3. The Labute approximate surface area is 291 Å². The Bertz CT molecular complexity index is 2490. The number of aromatic nitrogens is 1. The maximum Gasteiger partial charge on any atom is 0.188 e. The first-order valence-electron chi connectivity index (χ1n) is 16.3. The number of hydrogen-bond acceptors (Lipinski definition) is 2. The minimum atomic E-state index is -2.65. The average Bonchev–Trinajstić information content (AvgIpc) is 3.52. The van der Waals surface area contributed by atoms with Crippen LogP contribution in [0, 0.1) is 29.2 Å². The first-order valence-corrected chi connectivity index (χ1v) is 18.3. The zero-order chi connectivity index (χ0) is 34.1. The molecule has 0 amide bonds. The van der Waals surface area contributed by atoms with Crippen LogP contribution in [0.15, 0.2) is 170 Å². The van der Waals surface area contributed by atoms with Gasteiger partial charge in [-0.2, -0.15) is 10.5 Å². The van der Waals surface area contributed by atoms with E-state index in [1.54, 1.807) is 12.1 Å². The first-order chi connectivity index (χ1) is 24.6. The second kappa shape index (κ2) is 12.6. The van der Waals surface area contributed by atoms with Crippen molar-refractivity contribution in [2.75, 3.05) is 0 Å². The second-order valence-corrected chi connectivity index (χ2v) is 16.1. The molecule has 0 aliphatic carbocycles. The molecule has 0 atom stereocenters. The van der Waals surface area contributed by atoms with E-state index in [1.807, 2.05) is 36.4 Å². The smallest absolute Gasteiger partial charge is 0.188 e. The molecule has 0 aliphatic heterocycles. The number of nitriles is 2. The Morgan fingerprint density at radius 1 is 0.500 bits per heavy atom. The molecule has 0 N–H and O–H groups in total. The van der Waals surface area contributed by atoms with Crippen molar-refractivity contribution in [1.82, 2.24) is 4.57 Å². The van der Waals surface area contributed by atoms with E-state index in [-0.39, 0.29) is 0 Å². The Morgan fingerprint density at radius 2 is 1.02 bits per heavy atom. The fraction of sp³-hybridized carbons (Fsp3) is 0. The zero-order valence-electron chi connectivity index (χ0n) is 27.0. The van der Waals surface area contributed by atoms with Gasteiger partial charge in [0.1, 0.15) is 6.07 Å². The van der Waals surface area contributed by atoms with Crippen LogP contribution in [0.1, 0.15) is 11.1 Å². The molecule has 0 saturated carbocycles. The van der Waals surface area contributed by atoms with E-state index in [9.17, 15) is 10.5 Å². The number of benzene rings is 7. The van der Waals surface area contributed by atoms with Gasteiger partial charge in [0.25, 0.3) is 0 Å². The molecule has 4 nitrogen and oxygen atoms in total. The van der Waals surface area contributed by atoms with Gasteiger partial charge in [0.05, 0.1) is 40.5 Å². The Morgan fingerprint density at radius 3 is 1.56 bits per heavy atom. The highest BCUT2D eigenvalue weighted by atomic mass is 28.3. The maximum absolute atomic E-state index is 10.5. The lowest BCUT2D eigenvalue weighted by atomic mass is 10.0. The van der Waals surface area contributed by atoms with E-state index in [0.717, 1.165) is 38.6 Å². The average molecular weight is 653 g/mol. The van der Waals surface area contributed by atoms with Crippen molar-refractivity contribution in [3.8, 4) is 29.0 Å². The van der Waals surface area contributed by atoms with Crippen molar-refractivity contribution in [2.24, 2.45) is 0 Å². The van der Waals surface area contributed by atoms with E-state index in [1.165, 1.54) is 20.7 Å². The normalized spacial score (nSPS) is 11.1.